The molecule has 0 aromatic carbocycles. The van der Waals surface area contributed by atoms with E-state index in [1.165, 1.54) is 4.88 Å². The summed E-state index contributed by atoms with van der Waals surface area (Å²) in [5.74, 6) is 0. The second-order valence-electron chi connectivity index (χ2n) is 2.09. The smallest absolute Gasteiger partial charge is 0.0591 e. The lowest BCUT2D eigenvalue weighted by atomic mass is 10.2. The normalized spacial score (nSPS) is 11.9. The molecule has 0 saturated heterocycles. The summed E-state index contributed by atoms with van der Waals surface area (Å²) in [5.41, 5.74) is 0.752. The molecule has 1 aromatic rings. The minimum absolute atomic E-state index is 0.752. The van der Waals surface area contributed by atoms with Gasteiger partial charge in [-0.15, -0.1) is 11.3 Å². The Kier molecular flexibility index (Phi) is 2.45. The molecule has 0 atom stereocenters. The molecule has 0 unspecified atom stereocenters. The first kappa shape index (κ1) is 7.28. The molecule has 1 N–H and O–H groups in total. The van der Waals surface area contributed by atoms with Gasteiger partial charge in [0.2, 0.25) is 0 Å². The van der Waals surface area contributed by atoms with Gasteiger partial charge in [0.05, 0.1) is 5.71 Å². The molecule has 1 rings (SSSR count). The third-order valence-corrected chi connectivity index (χ3v) is 2.06. The molecule has 0 bridgehead atoms. The molecular formula is C7H9NOS. The molecule has 1 aromatic heterocycles. The van der Waals surface area contributed by atoms with E-state index in [0.29, 0.717) is 0 Å². The van der Waals surface area contributed by atoms with E-state index in [4.69, 9.17) is 5.21 Å². The Morgan fingerprint density at radius 2 is 2.60 bits per heavy atom. The summed E-state index contributed by atoms with van der Waals surface area (Å²) in [7, 11) is 0. The van der Waals surface area contributed by atoms with Crippen LogP contribution < -0.4 is 0 Å². The summed E-state index contributed by atoms with van der Waals surface area (Å²) in [6.07, 6.45) is 0.758. The monoisotopic (exact) mass is 155 g/mol. The van der Waals surface area contributed by atoms with Crippen LogP contribution in [0.25, 0.3) is 0 Å². The zero-order chi connectivity index (χ0) is 7.40. The number of nitrogens with zero attached hydrogens (tertiary/aromatic N) is 1. The van der Waals surface area contributed by atoms with Gasteiger partial charge in [-0.05, 0) is 18.4 Å². The van der Waals surface area contributed by atoms with Crippen LogP contribution in [-0.2, 0) is 6.42 Å². The average molecular weight is 155 g/mol. The Balaban J connectivity index is 2.56. The van der Waals surface area contributed by atoms with E-state index in [2.05, 4.69) is 5.16 Å². The molecule has 0 saturated carbocycles. The predicted octanol–water partition coefficient (Wildman–Crippen LogP) is 2.14. The summed E-state index contributed by atoms with van der Waals surface area (Å²) < 4.78 is 0. The predicted molar refractivity (Wildman–Crippen MR) is 42.9 cm³/mol. The summed E-state index contributed by atoms with van der Waals surface area (Å²) in [6.45, 7) is 1.81. The zero-order valence-corrected chi connectivity index (χ0v) is 6.56. The molecule has 0 radical (unpaired) electrons. The zero-order valence-electron chi connectivity index (χ0n) is 5.74. The molecule has 0 aliphatic rings. The quantitative estimate of drug-likeness (QED) is 0.396. The van der Waals surface area contributed by atoms with E-state index in [-0.39, 0.29) is 0 Å². The fourth-order valence-electron chi connectivity index (χ4n) is 0.701. The van der Waals surface area contributed by atoms with Crippen molar-refractivity contribution >= 4 is 17.0 Å². The van der Waals surface area contributed by atoms with Crippen LogP contribution in [0.2, 0.25) is 0 Å². The van der Waals surface area contributed by atoms with Gasteiger partial charge in [-0.3, -0.25) is 0 Å². The molecule has 10 heavy (non-hydrogen) atoms. The highest BCUT2D eigenvalue weighted by Crippen LogP contribution is 2.09. The maximum Gasteiger partial charge on any atom is 0.0591 e. The van der Waals surface area contributed by atoms with Gasteiger partial charge >= 0.3 is 0 Å². The van der Waals surface area contributed by atoms with Crippen molar-refractivity contribution in [1.29, 1.82) is 0 Å². The highest BCUT2D eigenvalue weighted by molar-refractivity contribution is 7.10. The second kappa shape index (κ2) is 3.37. The second-order valence-corrected chi connectivity index (χ2v) is 3.12. The lowest BCUT2D eigenvalue weighted by Gasteiger charge is -1.91. The largest absolute Gasteiger partial charge is 0.411 e. The van der Waals surface area contributed by atoms with E-state index in [0.717, 1.165) is 12.1 Å². The third kappa shape index (κ3) is 1.84. The van der Waals surface area contributed by atoms with Crippen LogP contribution in [0.3, 0.4) is 0 Å². The van der Waals surface area contributed by atoms with Crippen LogP contribution in [-0.4, -0.2) is 10.9 Å². The van der Waals surface area contributed by atoms with Crippen molar-refractivity contribution in [1.82, 2.24) is 0 Å². The molecule has 1 heterocycles. The van der Waals surface area contributed by atoms with E-state index < -0.39 is 0 Å². The van der Waals surface area contributed by atoms with E-state index >= 15 is 0 Å². The Hall–Kier alpha value is -0.830. The van der Waals surface area contributed by atoms with Gasteiger partial charge in [0.15, 0.2) is 0 Å². The molecule has 0 fully saturated rings. The van der Waals surface area contributed by atoms with E-state index in [1.54, 1.807) is 18.3 Å². The van der Waals surface area contributed by atoms with Crippen molar-refractivity contribution in [2.45, 2.75) is 13.3 Å². The van der Waals surface area contributed by atoms with Crippen LogP contribution in [0.4, 0.5) is 0 Å². The van der Waals surface area contributed by atoms with E-state index in [1.807, 2.05) is 17.5 Å². The van der Waals surface area contributed by atoms with Gasteiger partial charge in [-0.1, -0.05) is 11.2 Å². The molecule has 0 aliphatic heterocycles. The van der Waals surface area contributed by atoms with Crippen molar-refractivity contribution in [2.75, 3.05) is 0 Å². The van der Waals surface area contributed by atoms with Crippen LogP contribution in [0, 0.1) is 0 Å². The summed E-state index contributed by atoms with van der Waals surface area (Å²) >= 11 is 1.67. The maximum absolute atomic E-state index is 8.33. The highest BCUT2D eigenvalue weighted by atomic mass is 32.1. The van der Waals surface area contributed by atoms with Gasteiger partial charge in [-0.25, -0.2) is 0 Å². The SMILES string of the molecule is C/C(Cc1cccs1)=N\O. The molecule has 0 spiro atoms. The topological polar surface area (TPSA) is 32.6 Å². The van der Waals surface area contributed by atoms with Crippen LogP contribution in [0.5, 0.6) is 0 Å². The molecule has 2 nitrogen and oxygen atoms in total. The fraction of sp³-hybridized carbons (Fsp3) is 0.286. The number of oxime groups is 1. The standard InChI is InChI=1S/C7H9NOS/c1-6(8-9)5-7-3-2-4-10-7/h2-4,9H,5H2,1H3/b8-6+. The van der Waals surface area contributed by atoms with Gasteiger partial charge < -0.3 is 5.21 Å². The number of hydrogen-bond acceptors (Lipinski definition) is 3. The Labute approximate surface area is 63.8 Å². The maximum atomic E-state index is 8.33. The Morgan fingerprint density at radius 1 is 1.80 bits per heavy atom. The molecule has 0 amide bonds. The number of rotatable bonds is 2. The number of hydrogen-bond donors (Lipinski definition) is 1. The van der Waals surface area contributed by atoms with Crippen LogP contribution >= 0.6 is 11.3 Å². The van der Waals surface area contributed by atoms with Gasteiger partial charge in [0.25, 0.3) is 0 Å². The molecular weight excluding hydrogens is 146 g/mol. The van der Waals surface area contributed by atoms with Crippen LogP contribution in [0.15, 0.2) is 22.7 Å². The lowest BCUT2D eigenvalue weighted by Crippen LogP contribution is -1.93. The summed E-state index contributed by atoms with van der Waals surface area (Å²) in [4.78, 5) is 1.23. The first-order chi connectivity index (χ1) is 4.83. The Morgan fingerprint density at radius 3 is 3.10 bits per heavy atom. The highest BCUT2D eigenvalue weighted by Gasteiger charge is 1.95. The van der Waals surface area contributed by atoms with E-state index in [9.17, 15) is 0 Å². The first-order valence-corrected chi connectivity index (χ1v) is 3.91. The van der Waals surface area contributed by atoms with Crippen LogP contribution in [0.1, 0.15) is 11.8 Å². The third-order valence-electron chi connectivity index (χ3n) is 1.18. The van der Waals surface area contributed by atoms with Crippen molar-refractivity contribution < 1.29 is 5.21 Å². The van der Waals surface area contributed by atoms with Crippen molar-refractivity contribution in [3.63, 3.8) is 0 Å². The Bertz CT molecular complexity index is 216. The average Bonchev–Trinajstić information content (AvgIpc) is 2.40. The molecule has 54 valence electrons. The minimum Gasteiger partial charge on any atom is -0.411 e. The van der Waals surface area contributed by atoms with Gasteiger partial charge in [0, 0.05) is 11.3 Å². The summed E-state index contributed by atoms with van der Waals surface area (Å²) in [5, 5.41) is 13.4. The number of thiophene rings is 1. The minimum atomic E-state index is 0.752. The van der Waals surface area contributed by atoms with Crippen molar-refractivity contribution in [3.05, 3.63) is 22.4 Å². The first-order valence-electron chi connectivity index (χ1n) is 3.03. The van der Waals surface area contributed by atoms with Crippen molar-refractivity contribution in [3.8, 4) is 0 Å². The lowest BCUT2D eigenvalue weighted by molar-refractivity contribution is 0.318. The molecule has 0 aliphatic carbocycles. The molecule has 3 heteroatoms. The van der Waals surface area contributed by atoms with Crippen molar-refractivity contribution in [2.24, 2.45) is 5.16 Å². The van der Waals surface area contributed by atoms with Gasteiger partial charge in [0.1, 0.15) is 0 Å². The van der Waals surface area contributed by atoms with Gasteiger partial charge in [-0.2, -0.15) is 0 Å². The summed E-state index contributed by atoms with van der Waals surface area (Å²) in [6, 6.07) is 4.02. The fourth-order valence-corrected chi connectivity index (χ4v) is 1.48.